The molecule has 0 radical (unpaired) electrons. The van der Waals surface area contributed by atoms with Crippen molar-refractivity contribution in [1.29, 1.82) is 0 Å². The van der Waals surface area contributed by atoms with Crippen LogP contribution in [0.3, 0.4) is 0 Å². The summed E-state index contributed by atoms with van der Waals surface area (Å²) >= 11 is 0. The average molecular weight is 428 g/mol. The molecule has 1 N–H and O–H groups in total. The summed E-state index contributed by atoms with van der Waals surface area (Å²) in [7, 11) is -3.43. The predicted molar refractivity (Wildman–Crippen MR) is 104 cm³/mol. The highest BCUT2D eigenvalue weighted by atomic mass is 32.2. The molecule has 1 aromatic heterocycles. The number of hydrogen-bond donors (Lipinski definition) is 1. The largest absolute Gasteiger partial charge is 0.416 e. The molecule has 158 valence electrons. The molecule has 0 bridgehead atoms. The second-order valence-corrected chi connectivity index (χ2v) is 8.99. The topological polar surface area (TPSA) is 68.3 Å². The minimum Gasteiger partial charge on any atom is -0.372 e. The van der Waals surface area contributed by atoms with Crippen molar-refractivity contribution in [3.8, 4) is 0 Å². The van der Waals surface area contributed by atoms with E-state index in [0.717, 1.165) is 12.3 Å². The number of hydrogen-bond acceptors (Lipinski definition) is 4. The normalized spacial score (nSPS) is 20.4. The Morgan fingerprint density at radius 2 is 1.79 bits per heavy atom. The molecule has 0 amide bonds. The summed E-state index contributed by atoms with van der Waals surface area (Å²) in [6.07, 6.45) is 0.644. The first-order valence-electron chi connectivity index (χ1n) is 9.33. The van der Waals surface area contributed by atoms with Gasteiger partial charge in [0.05, 0.1) is 35.9 Å². The fraction of sp³-hybridized carbons (Fsp3) is 0.450. The van der Waals surface area contributed by atoms with Gasteiger partial charge in [-0.3, -0.25) is 9.71 Å². The molecule has 0 saturated heterocycles. The lowest BCUT2D eigenvalue weighted by atomic mass is 9.81. The lowest BCUT2D eigenvalue weighted by molar-refractivity contribution is -0.138. The summed E-state index contributed by atoms with van der Waals surface area (Å²) in [5.41, 5.74) is 0.627. The fourth-order valence-electron chi connectivity index (χ4n) is 3.69. The van der Waals surface area contributed by atoms with Gasteiger partial charge in [-0.1, -0.05) is 18.2 Å². The van der Waals surface area contributed by atoms with E-state index >= 15 is 0 Å². The lowest BCUT2D eigenvalue weighted by Crippen LogP contribution is -2.23. The molecule has 0 atom stereocenters. The van der Waals surface area contributed by atoms with E-state index in [1.54, 1.807) is 30.5 Å². The third-order valence-corrected chi connectivity index (χ3v) is 5.61. The molecule has 0 aliphatic heterocycles. The highest BCUT2D eigenvalue weighted by Crippen LogP contribution is 2.41. The van der Waals surface area contributed by atoms with E-state index in [9.17, 15) is 21.6 Å². The first kappa shape index (κ1) is 21.6. The number of sulfonamides is 1. The number of pyridine rings is 1. The van der Waals surface area contributed by atoms with E-state index in [2.05, 4.69) is 9.71 Å². The molecule has 1 aromatic carbocycles. The number of nitrogens with zero attached hydrogens (tertiary/aromatic N) is 1. The number of rotatable bonds is 6. The van der Waals surface area contributed by atoms with Crippen molar-refractivity contribution in [3.05, 3.63) is 59.4 Å². The fourth-order valence-corrected chi connectivity index (χ4v) is 4.28. The highest BCUT2D eigenvalue weighted by molar-refractivity contribution is 7.92. The summed E-state index contributed by atoms with van der Waals surface area (Å²) in [4.78, 5) is 4.17. The molecule has 9 heteroatoms. The standard InChI is InChI=1S/C20H23F3N2O3S/c1-29(26,27)25-18-7-4-12-24-19(18)13-28-15-10-8-14(9-11-15)16-5-2-3-6-17(16)20(21,22)23/h2-7,12,14-15,25H,8-11,13H2,1H3/t14-,15+. The summed E-state index contributed by atoms with van der Waals surface area (Å²) in [5.74, 6) is -0.148. The van der Waals surface area contributed by atoms with Gasteiger partial charge in [-0.15, -0.1) is 0 Å². The lowest BCUT2D eigenvalue weighted by Gasteiger charge is -2.30. The Labute approximate surface area is 168 Å². The van der Waals surface area contributed by atoms with Crippen LogP contribution in [0.4, 0.5) is 18.9 Å². The maximum Gasteiger partial charge on any atom is 0.416 e. The van der Waals surface area contributed by atoms with Crippen molar-refractivity contribution in [2.75, 3.05) is 11.0 Å². The van der Waals surface area contributed by atoms with Gasteiger partial charge in [-0.2, -0.15) is 13.2 Å². The second-order valence-electron chi connectivity index (χ2n) is 7.24. The number of alkyl halides is 3. The molecule has 0 spiro atoms. The number of halogens is 3. The van der Waals surface area contributed by atoms with Crippen LogP contribution in [0.5, 0.6) is 0 Å². The molecule has 2 aromatic rings. The molecule has 29 heavy (non-hydrogen) atoms. The summed E-state index contributed by atoms with van der Waals surface area (Å²) < 4.78 is 71.0. The molecule has 1 aliphatic carbocycles. The highest BCUT2D eigenvalue weighted by Gasteiger charge is 2.36. The quantitative estimate of drug-likeness (QED) is 0.723. The van der Waals surface area contributed by atoms with Gasteiger partial charge in [0.2, 0.25) is 10.0 Å². The summed E-state index contributed by atoms with van der Waals surface area (Å²) in [5, 5.41) is 0. The minimum atomic E-state index is -4.36. The SMILES string of the molecule is CS(=O)(=O)Nc1cccnc1CO[C@H]1CC[C@@H](c2ccccc2C(F)(F)F)CC1. The first-order valence-corrected chi connectivity index (χ1v) is 11.2. The first-order chi connectivity index (χ1) is 13.6. The molecule has 3 rings (SSSR count). The monoisotopic (exact) mass is 428 g/mol. The van der Waals surface area contributed by atoms with Crippen molar-refractivity contribution in [1.82, 2.24) is 4.98 Å². The molecule has 1 fully saturated rings. The van der Waals surface area contributed by atoms with Crippen LogP contribution in [0, 0.1) is 0 Å². The number of anilines is 1. The predicted octanol–water partition coefficient (Wildman–Crippen LogP) is 4.71. The summed E-state index contributed by atoms with van der Waals surface area (Å²) in [6, 6.07) is 8.99. The number of ether oxygens (including phenoxy) is 1. The van der Waals surface area contributed by atoms with Crippen LogP contribution in [-0.2, 0) is 27.5 Å². The van der Waals surface area contributed by atoms with E-state index in [0.29, 0.717) is 42.6 Å². The maximum atomic E-state index is 13.3. The number of nitrogens with one attached hydrogen (secondary N) is 1. The molecule has 1 heterocycles. The van der Waals surface area contributed by atoms with Gasteiger partial charge in [0.15, 0.2) is 0 Å². The summed E-state index contributed by atoms with van der Waals surface area (Å²) in [6.45, 7) is 0.132. The van der Waals surface area contributed by atoms with E-state index < -0.39 is 21.8 Å². The molecule has 0 unspecified atom stereocenters. The Morgan fingerprint density at radius 1 is 1.10 bits per heavy atom. The van der Waals surface area contributed by atoms with Gasteiger partial charge in [0.1, 0.15) is 0 Å². The molecule has 1 aliphatic rings. The van der Waals surface area contributed by atoms with Crippen LogP contribution in [-0.4, -0.2) is 25.8 Å². The van der Waals surface area contributed by atoms with Crippen molar-refractivity contribution < 1.29 is 26.3 Å². The van der Waals surface area contributed by atoms with Gasteiger partial charge in [0.25, 0.3) is 0 Å². The van der Waals surface area contributed by atoms with Crippen LogP contribution in [0.2, 0.25) is 0 Å². The molecule has 5 nitrogen and oxygen atoms in total. The zero-order valence-corrected chi connectivity index (χ0v) is 16.8. The Hall–Kier alpha value is -2.13. The number of aromatic nitrogens is 1. The van der Waals surface area contributed by atoms with Crippen molar-refractivity contribution in [2.24, 2.45) is 0 Å². The third kappa shape index (κ3) is 5.93. The molecular weight excluding hydrogens is 405 g/mol. The second kappa shape index (κ2) is 8.71. The number of benzene rings is 1. The Kier molecular flexibility index (Phi) is 6.48. The van der Waals surface area contributed by atoms with Crippen LogP contribution >= 0.6 is 0 Å². The zero-order chi connectivity index (χ0) is 21.1. The smallest absolute Gasteiger partial charge is 0.372 e. The van der Waals surface area contributed by atoms with Gasteiger partial charge in [0, 0.05) is 6.20 Å². The maximum absolute atomic E-state index is 13.3. The van der Waals surface area contributed by atoms with Crippen LogP contribution < -0.4 is 4.72 Å². The molecule has 1 saturated carbocycles. The average Bonchev–Trinajstić information content (AvgIpc) is 2.66. The van der Waals surface area contributed by atoms with Gasteiger partial charge in [-0.05, 0) is 55.4 Å². The van der Waals surface area contributed by atoms with Crippen LogP contribution in [0.1, 0.15) is 48.4 Å². The van der Waals surface area contributed by atoms with Crippen molar-refractivity contribution >= 4 is 15.7 Å². The Morgan fingerprint density at radius 3 is 2.45 bits per heavy atom. The zero-order valence-electron chi connectivity index (χ0n) is 15.9. The van der Waals surface area contributed by atoms with E-state index in [-0.39, 0.29) is 18.6 Å². The van der Waals surface area contributed by atoms with Gasteiger partial charge in [-0.25, -0.2) is 8.42 Å². The van der Waals surface area contributed by atoms with E-state index in [4.69, 9.17) is 4.74 Å². The van der Waals surface area contributed by atoms with Crippen LogP contribution in [0.15, 0.2) is 42.6 Å². The molecular formula is C20H23F3N2O3S. The van der Waals surface area contributed by atoms with E-state index in [1.807, 2.05) is 0 Å². The van der Waals surface area contributed by atoms with Crippen LogP contribution in [0.25, 0.3) is 0 Å². The van der Waals surface area contributed by atoms with Crippen molar-refractivity contribution in [2.45, 2.75) is 50.5 Å². The van der Waals surface area contributed by atoms with Crippen molar-refractivity contribution in [3.63, 3.8) is 0 Å². The minimum absolute atomic E-state index is 0.0996. The van der Waals surface area contributed by atoms with Gasteiger partial charge >= 0.3 is 6.18 Å². The Balaban J connectivity index is 1.60. The Bertz CT molecular complexity index is 940. The van der Waals surface area contributed by atoms with E-state index in [1.165, 1.54) is 6.07 Å². The third-order valence-electron chi connectivity index (χ3n) is 5.02. The van der Waals surface area contributed by atoms with Gasteiger partial charge < -0.3 is 4.74 Å².